The Bertz CT molecular complexity index is 380. The number of hydrogen-bond donors (Lipinski definition) is 1. The van der Waals surface area contributed by atoms with Crippen LogP contribution in [-0.4, -0.2) is 10.7 Å². The summed E-state index contributed by atoms with van der Waals surface area (Å²) in [6, 6.07) is 6.40. The maximum absolute atomic E-state index is 10.8. The Morgan fingerprint density at radius 3 is 2.22 bits per heavy atom. The van der Waals surface area contributed by atoms with Gasteiger partial charge in [0.2, 0.25) is 0 Å². The van der Waals surface area contributed by atoms with Crippen LogP contribution in [0.4, 0.5) is 0 Å². The van der Waals surface area contributed by atoms with E-state index in [1.165, 1.54) is 48.8 Å². The zero-order chi connectivity index (χ0) is 13.2. The van der Waals surface area contributed by atoms with Crippen LogP contribution in [0.1, 0.15) is 55.7 Å². The minimum Gasteiger partial charge on any atom is -0.390 e. The summed E-state index contributed by atoms with van der Waals surface area (Å²) in [6.07, 6.45) is 7.10. The summed E-state index contributed by atoms with van der Waals surface area (Å²) < 4.78 is 0. The lowest BCUT2D eigenvalue weighted by Gasteiger charge is -2.36. The van der Waals surface area contributed by atoms with Gasteiger partial charge in [-0.25, -0.2) is 0 Å². The Balaban J connectivity index is 2.16. The van der Waals surface area contributed by atoms with Gasteiger partial charge in [-0.1, -0.05) is 37.5 Å². The molecule has 0 heterocycles. The van der Waals surface area contributed by atoms with E-state index < -0.39 is 5.60 Å². The molecule has 2 rings (SSSR count). The van der Waals surface area contributed by atoms with Gasteiger partial charge in [0.15, 0.2) is 0 Å². The van der Waals surface area contributed by atoms with E-state index in [0.717, 1.165) is 6.42 Å². The first-order valence-corrected chi connectivity index (χ1v) is 7.28. The molecular formula is C17H26O. The first-order chi connectivity index (χ1) is 8.50. The molecule has 100 valence electrons. The molecule has 0 radical (unpaired) electrons. The summed E-state index contributed by atoms with van der Waals surface area (Å²) in [4.78, 5) is 0. The number of aliphatic hydroxyl groups is 1. The van der Waals surface area contributed by atoms with E-state index in [9.17, 15) is 5.11 Å². The van der Waals surface area contributed by atoms with Gasteiger partial charge in [-0.3, -0.25) is 0 Å². The third-order valence-electron chi connectivity index (χ3n) is 4.66. The minimum atomic E-state index is -0.544. The van der Waals surface area contributed by atoms with Gasteiger partial charge in [0.1, 0.15) is 0 Å². The van der Waals surface area contributed by atoms with E-state index >= 15 is 0 Å². The van der Waals surface area contributed by atoms with Crippen molar-refractivity contribution in [1.29, 1.82) is 0 Å². The van der Waals surface area contributed by atoms with Crippen molar-refractivity contribution in [3.8, 4) is 0 Å². The van der Waals surface area contributed by atoms with Gasteiger partial charge in [-0.2, -0.15) is 0 Å². The molecule has 1 atom stereocenters. The highest BCUT2D eigenvalue weighted by molar-refractivity contribution is 5.34. The molecule has 0 spiro atoms. The van der Waals surface area contributed by atoms with Gasteiger partial charge >= 0.3 is 0 Å². The van der Waals surface area contributed by atoms with Crippen molar-refractivity contribution in [2.24, 2.45) is 5.92 Å². The summed E-state index contributed by atoms with van der Waals surface area (Å²) in [6.45, 7) is 6.34. The molecule has 1 nitrogen and oxygen atoms in total. The van der Waals surface area contributed by atoms with E-state index in [1.54, 1.807) is 0 Å². The normalized spacial score (nSPS) is 20.7. The summed E-state index contributed by atoms with van der Waals surface area (Å²) in [5, 5.41) is 10.8. The fourth-order valence-electron chi connectivity index (χ4n) is 3.35. The lowest BCUT2D eigenvalue weighted by atomic mass is 9.74. The van der Waals surface area contributed by atoms with Crippen molar-refractivity contribution < 1.29 is 5.11 Å². The van der Waals surface area contributed by atoms with Gasteiger partial charge in [0.05, 0.1) is 5.60 Å². The molecule has 18 heavy (non-hydrogen) atoms. The molecule has 0 amide bonds. The lowest BCUT2D eigenvalue weighted by Crippen LogP contribution is -2.38. The highest BCUT2D eigenvalue weighted by Gasteiger charge is 2.33. The quantitative estimate of drug-likeness (QED) is 0.848. The predicted octanol–water partition coefficient (Wildman–Crippen LogP) is 4.18. The van der Waals surface area contributed by atoms with Crippen molar-refractivity contribution in [1.82, 2.24) is 0 Å². The van der Waals surface area contributed by atoms with Crippen molar-refractivity contribution in [3.63, 3.8) is 0 Å². The van der Waals surface area contributed by atoms with Crippen LogP contribution >= 0.6 is 0 Å². The Labute approximate surface area is 111 Å². The fraction of sp³-hybridized carbons (Fsp3) is 0.647. The van der Waals surface area contributed by atoms with Crippen molar-refractivity contribution in [3.05, 3.63) is 34.9 Å². The Hall–Kier alpha value is -0.820. The third kappa shape index (κ3) is 2.95. The SMILES string of the molecule is Cc1cccc(C)c1CC(C)(O)C1CCCCC1. The van der Waals surface area contributed by atoms with Crippen LogP contribution in [0, 0.1) is 19.8 Å². The van der Waals surface area contributed by atoms with Crippen LogP contribution in [0.2, 0.25) is 0 Å². The van der Waals surface area contributed by atoms with Crippen LogP contribution in [-0.2, 0) is 6.42 Å². The molecule has 1 aliphatic rings. The molecule has 1 saturated carbocycles. The standard InChI is InChI=1S/C17H26O/c1-13-8-7-9-14(2)16(13)12-17(3,18)15-10-5-4-6-11-15/h7-9,15,18H,4-6,10-12H2,1-3H3. The lowest BCUT2D eigenvalue weighted by molar-refractivity contribution is -0.0161. The Kier molecular flexibility index (Phi) is 4.11. The van der Waals surface area contributed by atoms with Crippen LogP contribution in [0.5, 0.6) is 0 Å². The number of rotatable bonds is 3. The fourth-order valence-corrected chi connectivity index (χ4v) is 3.35. The highest BCUT2D eigenvalue weighted by atomic mass is 16.3. The zero-order valence-corrected chi connectivity index (χ0v) is 12.0. The Morgan fingerprint density at radius 2 is 1.67 bits per heavy atom. The van der Waals surface area contributed by atoms with Crippen LogP contribution in [0.15, 0.2) is 18.2 Å². The number of hydrogen-bond acceptors (Lipinski definition) is 1. The smallest absolute Gasteiger partial charge is 0.0688 e. The molecule has 1 fully saturated rings. The first kappa shape index (κ1) is 13.6. The zero-order valence-electron chi connectivity index (χ0n) is 12.0. The van der Waals surface area contributed by atoms with E-state index in [-0.39, 0.29) is 0 Å². The summed E-state index contributed by atoms with van der Waals surface area (Å²) in [5.41, 5.74) is 3.42. The number of aryl methyl sites for hydroxylation is 2. The largest absolute Gasteiger partial charge is 0.390 e. The first-order valence-electron chi connectivity index (χ1n) is 7.28. The highest BCUT2D eigenvalue weighted by Crippen LogP contribution is 2.35. The number of benzene rings is 1. The molecule has 1 aliphatic carbocycles. The summed E-state index contributed by atoms with van der Waals surface area (Å²) in [7, 11) is 0. The van der Waals surface area contributed by atoms with Crippen molar-refractivity contribution >= 4 is 0 Å². The maximum Gasteiger partial charge on any atom is 0.0688 e. The molecule has 0 aliphatic heterocycles. The molecule has 1 unspecified atom stereocenters. The second kappa shape index (κ2) is 5.44. The average Bonchev–Trinajstić information content (AvgIpc) is 2.35. The molecular weight excluding hydrogens is 220 g/mol. The van der Waals surface area contributed by atoms with Crippen LogP contribution in [0.3, 0.4) is 0 Å². The monoisotopic (exact) mass is 246 g/mol. The molecule has 1 aromatic rings. The van der Waals surface area contributed by atoms with Gasteiger partial charge < -0.3 is 5.11 Å². The topological polar surface area (TPSA) is 20.2 Å². The molecule has 0 bridgehead atoms. The average molecular weight is 246 g/mol. The van der Waals surface area contributed by atoms with Crippen LogP contribution < -0.4 is 0 Å². The van der Waals surface area contributed by atoms with Gasteiger partial charge in [0.25, 0.3) is 0 Å². The molecule has 1 N–H and O–H groups in total. The second-order valence-corrected chi connectivity index (χ2v) is 6.24. The summed E-state index contributed by atoms with van der Waals surface area (Å²) in [5.74, 6) is 0.477. The second-order valence-electron chi connectivity index (χ2n) is 6.24. The van der Waals surface area contributed by atoms with Crippen molar-refractivity contribution in [2.45, 2.75) is 64.9 Å². The maximum atomic E-state index is 10.8. The molecule has 0 aromatic heterocycles. The minimum absolute atomic E-state index is 0.477. The van der Waals surface area contributed by atoms with Gasteiger partial charge in [-0.05, 0) is 56.2 Å². The molecule has 0 saturated heterocycles. The van der Waals surface area contributed by atoms with Crippen LogP contribution in [0.25, 0.3) is 0 Å². The van der Waals surface area contributed by atoms with Gasteiger partial charge in [0, 0.05) is 6.42 Å². The molecule has 1 heteroatoms. The van der Waals surface area contributed by atoms with E-state index in [4.69, 9.17) is 0 Å². The van der Waals surface area contributed by atoms with E-state index in [0.29, 0.717) is 5.92 Å². The van der Waals surface area contributed by atoms with E-state index in [2.05, 4.69) is 32.0 Å². The van der Waals surface area contributed by atoms with Gasteiger partial charge in [-0.15, -0.1) is 0 Å². The summed E-state index contributed by atoms with van der Waals surface area (Å²) >= 11 is 0. The third-order valence-corrected chi connectivity index (χ3v) is 4.66. The predicted molar refractivity (Wildman–Crippen MR) is 76.8 cm³/mol. The van der Waals surface area contributed by atoms with E-state index in [1.807, 2.05) is 6.92 Å². The van der Waals surface area contributed by atoms with Crippen molar-refractivity contribution in [2.75, 3.05) is 0 Å². The Morgan fingerprint density at radius 1 is 1.11 bits per heavy atom. The molecule has 1 aromatic carbocycles.